The average Bonchev–Trinajstić information content (AvgIpc) is 3.04. The fourth-order valence-electron chi connectivity index (χ4n) is 4.10. The molecule has 0 aromatic heterocycles. The van der Waals surface area contributed by atoms with Crippen molar-refractivity contribution in [2.75, 3.05) is 46.4 Å². The minimum atomic E-state index is -0.466. The predicted octanol–water partition coefficient (Wildman–Crippen LogP) is 2.80. The zero-order chi connectivity index (χ0) is 25.4. The second kappa shape index (κ2) is 12.8. The molecule has 2 saturated heterocycles. The highest BCUT2D eigenvalue weighted by molar-refractivity contribution is 6.42. The van der Waals surface area contributed by atoms with E-state index in [4.69, 9.17) is 23.2 Å². The lowest BCUT2D eigenvalue weighted by molar-refractivity contribution is -0.134. The summed E-state index contributed by atoms with van der Waals surface area (Å²) in [6.45, 7) is 2.52. The number of amides is 4. The highest BCUT2D eigenvalue weighted by Crippen LogP contribution is 2.23. The van der Waals surface area contributed by atoms with Crippen LogP contribution in [0.2, 0.25) is 10.0 Å². The summed E-state index contributed by atoms with van der Waals surface area (Å²) in [7, 11) is 1.32. The van der Waals surface area contributed by atoms with Gasteiger partial charge in [0.1, 0.15) is 0 Å². The molecule has 3 rings (SSSR count). The van der Waals surface area contributed by atoms with Crippen LogP contribution in [0.1, 0.15) is 31.2 Å². The molecule has 0 aliphatic carbocycles. The maximum atomic E-state index is 12.6. The Labute approximate surface area is 214 Å². The Morgan fingerprint density at radius 1 is 1.06 bits per heavy atom. The number of nitrogens with zero attached hydrogens (tertiary/aromatic N) is 3. The van der Waals surface area contributed by atoms with Gasteiger partial charge in [0.2, 0.25) is 17.7 Å². The second-order valence-electron chi connectivity index (χ2n) is 8.50. The summed E-state index contributed by atoms with van der Waals surface area (Å²) in [6.07, 6.45) is 4.43. The van der Waals surface area contributed by atoms with Crippen molar-refractivity contribution in [1.29, 1.82) is 0 Å². The molecule has 190 valence electrons. The molecule has 0 bridgehead atoms. The first-order chi connectivity index (χ1) is 16.8. The molecule has 0 unspecified atom stereocenters. The van der Waals surface area contributed by atoms with Gasteiger partial charge < -0.3 is 24.8 Å². The van der Waals surface area contributed by atoms with E-state index in [0.29, 0.717) is 62.2 Å². The van der Waals surface area contributed by atoms with E-state index in [2.05, 4.69) is 10.1 Å². The Balaban J connectivity index is 1.44. The third kappa shape index (κ3) is 7.86. The minimum Gasteiger partial charge on any atom is -0.453 e. The molecule has 11 heteroatoms. The molecule has 2 heterocycles. The van der Waals surface area contributed by atoms with Crippen molar-refractivity contribution in [2.45, 2.75) is 31.7 Å². The predicted molar refractivity (Wildman–Crippen MR) is 133 cm³/mol. The van der Waals surface area contributed by atoms with Crippen molar-refractivity contribution in [1.82, 2.24) is 20.0 Å². The monoisotopic (exact) mass is 524 g/mol. The summed E-state index contributed by atoms with van der Waals surface area (Å²) in [5, 5.41) is 3.62. The zero-order valence-corrected chi connectivity index (χ0v) is 21.2. The van der Waals surface area contributed by atoms with Gasteiger partial charge in [0, 0.05) is 64.2 Å². The molecule has 4 amide bonds. The molecule has 0 spiro atoms. The van der Waals surface area contributed by atoms with Gasteiger partial charge in [-0.3, -0.25) is 14.4 Å². The normalized spacial score (nSPS) is 17.5. The molecule has 1 aromatic carbocycles. The fourth-order valence-corrected chi connectivity index (χ4v) is 4.41. The van der Waals surface area contributed by atoms with Crippen LogP contribution in [0.3, 0.4) is 0 Å². The summed E-state index contributed by atoms with van der Waals surface area (Å²) < 4.78 is 4.61. The van der Waals surface area contributed by atoms with Crippen LogP contribution in [0, 0.1) is 0 Å². The van der Waals surface area contributed by atoms with Crippen molar-refractivity contribution in [3.8, 4) is 0 Å². The van der Waals surface area contributed by atoms with Crippen molar-refractivity contribution < 1.29 is 23.9 Å². The van der Waals surface area contributed by atoms with E-state index in [9.17, 15) is 19.2 Å². The lowest BCUT2D eigenvalue weighted by atomic mass is 10.0. The summed E-state index contributed by atoms with van der Waals surface area (Å²) in [4.78, 5) is 54.2. The Morgan fingerprint density at radius 2 is 1.80 bits per heavy atom. The van der Waals surface area contributed by atoms with Gasteiger partial charge >= 0.3 is 6.09 Å². The van der Waals surface area contributed by atoms with Gasteiger partial charge in [-0.25, -0.2) is 4.79 Å². The topological polar surface area (TPSA) is 99.3 Å². The standard InChI is InChI=1S/C24H30Cl2N4O5/c1-35-24(34)27-18-6-10-28(11-7-18)22(32)8-13-30-15-14-29(12-9-23(30)33)21(31)5-3-17-2-4-19(25)20(26)16-17/h2-5,16,18H,6-15H2,1H3,(H,27,34)/b5-3+. The minimum absolute atomic E-state index is 0.00654. The van der Waals surface area contributed by atoms with Crippen LogP contribution >= 0.6 is 23.2 Å². The summed E-state index contributed by atoms with van der Waals surface area (Å²) in [6, 6.07) is 5.10. The number of hydrogen-bond donors (Lipinski definition) is 1. The Bertz CT molecular complexity index is 979. The first-order valence-electron chi connectivity index (χ1n) is 11.6. The van der Waals surface area contributed by atoms with Crippen molar-refractivity contribution in [2.24, 2.45) is 0 Å². The van der Waals surface area contributed by atoms with Gasteiger partial charge in [0.15, 0.2) is 0 Å². The third-order valence-corrected chi connectivity index (χ3v) is 6.95. The van der Waals surface area contributed by atoms with E-state index in [1.165, 1.54) is 13.2 Å². The van der Waals surface area contributed by atoms with E-state index in [-0.39, 0.29) is 36.6 Å². The van der Waals surface area contributed by atoms with Gasteiger partial charge in [-0.15, -0.1) is 0 Å². The quantitative estimate of drug-likeness (QED) is 0.576. The number of alkyl carbamates (subject to hydrolysis) is 1. The molecule has 35 heavy (non-hydrogen) atoms. The molecule has 0 saturated carbocycles. The number of nitrogens with one attached hydrogen (secondary N) is 1. The first-order valence-corrected chi connectivity index (χ1v) is 12.3. The summed E-state index contributed by atoms with van der Waals surface area (Å²) >= 11 is 11.9. The Hall–Kier alpha value is -2.78. The van der Waals surface area contributed by atoms with Crippen LogP contribution in [0.5, 0.6) is 0 Å². The van der Waals surface area contributed by atoms with Crippen LogP contribution in [0.4, 0.5) is 4.79 Å². The highest BCUT2D eigenvalue weighted by atomic mass is 35.5. The van der Waals surface area contributed by atoms with Crippen molar-refractivity contribution >= 4 is 53.1 Å². The van der Waals surface area contributed by atoms with Gasteiger partial charge in [0.05, 0.1) is 17.2 Å². The second-order valence-corrected chi connectivity index (χ2v) is 9.32. The van der Waals surface area contributed by atoms with E-state index in [1.807, 2.05) is 0 Å². The lowest BCUT2D eigenvalue weighted by Gasteiger charge is -2.32. The third-order valence-electron chi connectivity index (χ3n) is 6.21. The molecule has 0 atom stereocenters. The maximum absolute atomic E-state index is 12.6. The van der Waals surface area contributed by atoms with Crippen LogP contribution in [-0.4, -0.2) is 90.9 Å². The fraction of sp³-hybridized carbons (Fsp3) is 0.500. The van der Waals surface area contributed by atoms with Crippen LogP contribution in [-0.2, 0) is 19.1 Å². The van der Waals surface area contributed by atoms with Crippen molar-refractivity contribution in [3.63, 3.8) is 0 Å². The lowest BCUT2D eigenvalue weighted by Crippen LogP contribution is -2.47. The summed E-state index contributed by atoms with van der Waals surface area (Å²) in [5.74, 6) is -0.274. The largest absolute Gasteiger partial charge is 0.453 e. The van der Waals surface area contributed by atoms with E-state index >= 15 is 0 Å². The van der Waals surface area contributed by atoms with Gasteiger partial charge in [-0.2, -0.15) is 0 Å². The SMILES string of the molecule is COC(=O)NC1CCN(C(=O)CCN2CCN(C(=O)/C=C/c3ccc(Cl)c(Cl)c3)CCC2=O)CC1. The van der Waals surface area contributed by atoms with Crippen LogP contribution < -0.4 is 5.32 Å². The number of benzene rings is 1. The van der Waals surface area contributed by atoms with E-state index in [0.717, 1.165) is 5.56 Å². The molecule has 2 aliphatic rings. The van der Waals surface area contributed by atoms with Crippen molar-refractivity contribution in [3.05, 3.63) is 39.9 Å². The number of carbonyl (C=O) groups excluding carboxylic acids is 4. The number of piperidine rings is 1. The molecule has 2 aliphatic heterocycles. The number of hydrogen-bond acceptors (Lipinski definition) is 5. The highest BCUT2D eigenvalue weighted by Gasteiger charge is 2.26. The Kier molecular flexibility index (Phi) is 9.80. The first kappa shape index (κ1) is 26.8. The summed E-state index contributed by atoms with van der Waals surface area (Å²) in [5.41, 5.74) is 0.754. The Morgan fingerprint density at radius 3 is 2.49 bits per heavy atom. The number of methoxy groups -OCH3 is 1. The van der Waals surface area contributed by atoms with Gasteiger partial charge in [-0.05, 0) is 36.6 Å². The average molecular weight is 525 g/mol. The van der Waals surface area contributed by atoms with E-state index < -0.39 is 6.09 Å². The number of carbonyl (C=O) groups is 4. The van der Waals surface area contributed by atoms with Crippen LogP contribution in [0.15, 0.2) is 24.3 Å². The van der Waals surface area contributed by atoms with Gasteiger partial charge in [-0.1, -0.05) is 29.3 Å². The molecule has 1 aromatic rings. The van der Waals surface area contributed by atoms with E-state index in [1.54, 1.807) is 39.0 Å². The zero-order valence-electron chi connectivity index (χ0n) is 19.7. The number of rotatable bonds is 6. The number of likely N-dealkylation sites (tertiary alicyclic amines) is 1. The maximum Gasteiger partial charge on any atom is 0.407 e. The molecule has 9 nitrogen and oxygen atoms in total. The van der Waals surface area contributed by atoms with Crippen LogP contribution in [0.25, 0.3) is 6.08 Å². The number of ether oxygens (including phenoxy) is 1. The molecular weight excluding hydrogens is 495 g/mol. The molecule has 2 fully saturated rings. The van der Waals surface area contributed by atoms with Gasteiger partial charge in [0.25, 0.3) is 0 Å². The number of halogens is 2. The molecule has 1 N–H and O–H groups in total. The molecule has 0 radical (unpaired) electrons. The molecular formula is C24H30Cl2N4O5. The smallest absolute Gasteiger partial charge is 0.407 e.